The van der Waals surface area contributed by atoms with E-state index in [2.05, 4.69) is 46.9 Å². The molecule has 1 aromatic carbocycles. The average Bonchev–Trinajstić information content (AvgIpc) is 2.53. The Bertz CT molecular complexity index is 505. The molecule has 0 aliphatic rings. The van der Waals surface area contributed by atoms with E-state index in [1.165, 1.54) is 27.7 Å². The van der Waals surface area contributed by atoms with Gasteiger partial charge in [0.1, 0.15) is 0 Å². The summed E-state index contributed by atoms with van der Waals surface area (Å²) in [5.41, 5.74) is 10.7. The van der Waals surface area contributed by atoms with Gasteiger partial charge in [-0.25, -0.2) is 0 Å². The minimum atomic E-state index is 0. The molecule has 0 fully saturated rings. The van der Waals surface area contributed by atoms with E-state index < -0.39 is 0 Å². The van der Waals surface area contributed by atoms with Gasteiger partial charge in [-0.2, -0.15) is 0 Å². The molecule has 0 aliphatic carbocycles. The molecule has 3 N–H and O–H groups in total. The Morgan fingerprint density at radius 3 is 2.62 bits per heavy atom. The SMILES string of the molecule is Cc1[nH]c2c(Br)ccc(C)c2c1CCN.Cl. The van der Waals surface area contributed by atoms with Crippen LogP contribution in [-0.2, 0) is 6.42 Å². The van der Waals surface area contributed by atoms with Crippen molar-refractivity contribution < 1.29 is 0 Å². The molecule has 16 heavy (non-hydrogen) atoms. The first kappa shape index (κ1) is 13.6. The summed E-state index contributed by atoms with van der Waals surface area (Å²) in [6.45, 7) is 4.94. The summed E-state index contributed by atoms with van der Waals surface area (Å²) in [6, 6.07) is 4.22. The Morgan fingerprint density at radius 1 is 1.31 bits per heavy atom. The molecular formula is C12H16BrClN2. The van der Waals surface area contributed by atoms with E-state index >= 15 is 0 Å². The van der Waals surface area contributed by atoms with Crippen molar-refractivity contribution in [1.29, 1.82) is 0 Å². The summed E-state index contributed by atoms with van der Waals surface area (Å²) >= 11 is 3.57. The van der Waals surface area contributed by atoms with E-state index in [4.69, 9.17) is 5.73 Å². The van der Waals surface area contributed by atoms with Gasteiger partial charge in [-0.05, 0) is 59.9 Å². The molecule has 1 aromatic heterocycles. The molecule has 0 atom stereocenters. The quantitative estimate of drug-likeness (QED) is 0.876. The third-order valence-corrected chi connectivity index (χ3v) is 3.48. The van der Waals surface area contributed by atoms with Crippen molar-refractivity contribution in [3.63, 3.8) is 0 Å². The van der Waals surface area contributed by atoms with Crippen molar-refractivity contribution >= 4 is 39.2 Å². The first-order valence-electron chi connectivity index (χ1n) is 5.11. The fourth-order valence-corrected chi connectivity index (χ4v) is 2.53. The maximum atomic E-state index is 5.64. The smallest absolute Gasteiger partial charge is 0.0605 e. The lowest BCUT2D eigenvalue weighted by Crippen LogP contribution is -2.03. The maximum absolute atomic E-state index is 5.64. The van der Waals surface area contributed by atoms with Crippen molar-refractivity contribution in [2.45, 2.75) is 20.3 Å². The molecule has 1 heterocycles. The number of fused-ring (bicyclic) bond motifs is 1. The van der Waals surface area contributed by atoms with E-state index in [-0.39, 0.29) is 12.4 Å². The minimum Gasteiger partial charge on any atom is -0.357 e. The van der Waals surface area contributed by atoms with Gasteiger partial charge in [-0.15, -0.1) is 12.4 Å². The monoisotopic (exact) mass is 302 g/mol. The summed E-state index contributed by atoms with van der Waals surface area (Å²) in [5, 5.41) is 1.33. The standard InChI is InChI=1S/C12H15BrN2.ClH/c1-7-3-4-10(13)12-11(7)9(5-6-14)8(2)15-12;/h3-4,15H,5-6,14H2,1-2H3;1H. The zero-order valence-corrected chi connectivity index (χ0v) is 11.8. The summed E-state index contributed by atoms with van der Waals surface area (Å²) in [5.74, 6) is 0. The van der Waals surface area contributed by atoms with Crippen LogP contribution in [0, 0.1) is 13.8 Å². The second-order valence-electron chi connectivity index (χ2n) is 3.88. The van der Waals surface area contributed by atoms with Gasteiger partial charge in [0.2, 0.25) is 0 Å². The predicted molar refractivity (Wildman–Crippen MR) is 75.5 cm³/mol. The maximum Gasteiger partial charge on any atom is 0.0605 e. The number of H-pyrrole nitrogens is 1. The van der Waals surface area contributed by atoms with Crippen LogP contribution in [0.25, 0.3) is 10.9 Å². The summed E-state index contributed by atoms with van der Waals surface area (Å²) in [4.78, 5) is 3.42. The van der Waals surface area contributed by atoms with E-state index in [9.17, 15) is 0 Å². The molecule has 0 unspecified atom stereocenters. The first-order valence-corrected chi connectivity index (χ1v) is 5.90. The number of aromatic amines is 1. The van der Waals surface area contributed by atoms with Crippen LogP contribution in [0.5, 0.6) is 0 Å². The largest absolute Gasteiger partial charge is 0.357 e. The molecule has 88 valence electrons. The third kappa shape index (κ3) is 2.12. The van der Waals surface area contributed by atoms with Crippen LogP contribution >= 0.6 is 28.3 Å². The molecule has 4 heteroatoms. The van der Waals surface area contributed by atoms with Crippen molar-refractivity contribution in [2.24, 2.45) is 5.73 Å². The highest BCUT2D eigenvalue weighted by Gasteiger charge is 2.11. The topological polar surface area (TPSA) is 41.8 Å². The summed E-state index contributed by atoms with van der Waals surface area (Å²) < 4.78 is 1.12. The Kier molecular flexibility index (Phi) is 4.42. The summed E-state index contributed by atoms with van der Waals surface area (Å²) in [7, 11) is 0. The molecule has 0 aliphatic heterocycles. The Hall–Kier alpha value is -0.510. The van der Waals surface area contributed by atoms with Crippen LogP contribution in [-0.4, -0.2) is 11.5 Å². The minimum absolute atomic E-state index is 0. The molecule has 0 saturated carbocycles. The molecule has 0 saturated heterocycles. The number of hydrogen-bond donors (Lipinski definition) is 2. The Morgan fingerprint density at radius 2 is 2.00 bits per heavy atom. The predicted octanol–water partition coefficient (Wildman–Crippen LogP) is 3.47. The molecule has 0 radical (unpaired) electrons. The molecule has 2 nitrogen and oxygen atoms in total. The van der Waals surface area contributed by atoms with Crippen molar-refractivity contribution in [3.8, 4) is 0 Å². The first-order chi connectivity index (χ1) is 7.15. The van der Waals surface area contributed by atoms with Crippen LogP contribution in [0.4, 0.5) is 0 Å². The van der Waals surface area contributed by atoms with Gasteiger partial charge in [0.05, 0.1) is 5.52 Å². The Labute approximate surface area is 110 Å². The second-order valence-corrected chi connectivity index (χ2v) is 4.74. The lowest BCUT2D eigenvalue weighted by Gasteiger charge is -2.02. The van der Waals surface area contributed by atoms with Gasteiger partial charge in [-0.3, -0.25) is 0 Å². The van der Waals surface area contributed by atoms with Gasteiger partial charge in [0.15, 0.2) is 0 Å². The number of rotatable bonds is 2. The molecule has 2 rings (SSSR count). The molecule has 0 bridgehead atoms. The van der Waals surface area contributed by atoms with Gasteiger partial charge < -0.3 is 10.7 Å². The number of benzene rings is 1. The number of aromatic nitrogens is 1. The number of hydrogen-bond acceptors (Lipinski definition) is 1. The van der Waals surface area contributed by atoms with Gasteiger partial charge in [0.25, 0.3) is 0 Å². The van der Waals surface area contributed by atoms with Crippen molar-refractivity contribution in [2.75, 3.05) is 6.54 Å². The van der Waals surface area contributed by atoms with Gasteiger partial charge >= 0.3 is 0 Å². The highest BCUT2D eigenvalue weighted by atomic mass is 79.9. The van der Waals surface area contributed by atoms with Crippen molar-refractivity contribution in [1.82, 2.24) is 4.98 Å². The zero-order chi connectivity index (χ0) is 11.0. The highest BCUT2D eigenvalue weighted by Crippen LogP contribution is 2.31. The van der Waals surface area contributed by atoms with Crippen molar-refractivity contribution in [3.05, 3.63) is 33.4 Å². The summed E-state index contributed by atoms with van der Waals surface area (Å²) in [6.07, 6.45) is 0.934. The lowest BCUT2D eigenvalue weighted by molar-refractivity contribution is 0.962. The third-order valence-electron chi connectivity index (χ3n) is 2.82. The van der Waals surface area contributed by atoms with E-state index in [1.807, 2.05) is 0 Å². The van der Waals surface area contributed by atoms with Crippen LogP contribution in [0.1, 0.15) is 16.8 Å². The van der Waals surface area contributed by atoms with E-state index in [0.717, 1.165) is 10.9 Å². The highest BCUT2D eigenvalue weighted by molar-refractivity contribution is 9.10. The number of halogens is 2. The fraction of sp³-hybridized carbons (Fsp3) is 0.333. The molecule has 2 aromatic rings. The van der Waals surface area contributed by atoms with Crippen LogP contribution in [0.2, 0.25) is 0 Å². The molecular weight excluding hydrogens is 288 g/mol. The number of nitrogens with two attached hydrogens (primary N) is 1. The van der Waals surface area contributed by atoms with Gasteiger partial charge in [-0.1, -0.05) is 6.07 Å². The second kappa shape index (κ2) is 5.21. The average molecular weight is 304 g/mol. The van der Waals surface area contributed by atoms with E-state index in [1.54, 1.807) is 0 Å². The van der Waals surface area contributed by atoms with Crippen LogP contribution in [0.15, 0.2) is 16.6 Å². The molecule has 0 amide bonds. The normalized spacial score (nSPS) is 10.5. The number of nitrogens with one attached hydrogen (secondary N) is 1. The van der Waals surface area contributed by atoms with Crippen LogP contribution < -0.4 is 5.73 Å². The molecule has 0 spiro atoms. The van der Waals surface area contributed by atoms with E-state index in [0.29, 0.717) is 6.54 Å². The van der Waals surface area contributed by atoms with Gasteiger partial charge in [0, 0.05) is 15.6 Å². The Balaban J connectivity index is 0.00000128. The lowest BCUT2D eigenvalue weighted by atomic mass is 10.0. The number of aryl methyl sites for hydroxylation is 2. The van der Waals surface area contributed by atoms with Crippen LogP contribution in [0.3, 0.4) is 0 Å². The zero-order valence-electron chi connectivity index (χ0n) is 9.43. The fourth-order valence-electron chi connectivity index (χ4n) is 2.10.